The molecule has 0 radical (unpaired) electrons. The van der Waals surface area contributed by atoms with E-state index in [-0.39, 0.29) is 24.6 Å². The van der Waals surface area contributed by atoms with Crippen molar-refractivity contribution in [2.24, 2.45) is 5.92 Å². The summed E-state index contributed by atoms with van der Waals surface area (Å²) in [5, 5.41) is 2.97. The summed E-state index contributed by atoms with van der Waals surface area (Å²) in [5.41, 5.74) is 0. The first-order chi connectivity index (χ1) is 13.0. The summed E-state index contributed by atoms with van der Waals surface area (Å²) in [4.78, 5) is 25.8. The standard InChI is InChI=1S/C20H30N2O5/c1-4-25-17-7-5-6-8-18(17)26-14-19(23)21-16-9-11-22(12-10-16)20(24)27-13-15(2)3/h5-8,15-16H,4,9-14H2,1-3H3,(H,21,23). The lowest BCUT2D eigenvalue weighted by Crippen LogP contribution is -2.47. The van der Waals surface area contributed by atoms with E-state index in [1.54, 1.807) is 11.0 Å². The summed E-state index contributed by atoms with van der Waals surface area (Å²) in [6.07, 6.45) is 1.14. The first-order valence-corrected chi connectivity index (χ1v) is 9.55. The zero-order valence-corrected chi connectivity index (χ0v) is 16.4. The van der Waals surface area contributed by atoms with Gasteiger partial charge in [-0.05, 0) is 37.8 Å². The molecule has 0 atom stereocenters. The maximum Gasteiger partial charge on any atom is 0.409 e. The fraction of sp³-hybridized carbons (Fsp3) is 0.600. The third-order valence-corrected chi connectivity index (χ3v) is 4.17. The van der Waals surface area contributed by atoms with Crippen molar-refractivity contribution in [2.75, 3.05) is 32.9 Å². The number of rotatable bonds is 8. The van der Waals surface area contributed by atoms with Crippen molar-refractivity contribution in [3.63, 3.8) is 0 Å². The van der Waals surface area contributed by atoms with Crippen molar-refractivity contribution >= 4 is 12.0 Å². The summed E-state index contributed by atoms with van der Waals surface area (Å²) in [5.74, 6) is 1.32. The second-order valence-corrected chi connectivity index (χ2v) is 6.97. The molecule has 0 unspecified atom stereocenters. The molecule has 150 valence electrons. The normalized spacial score (nSPS) is 14.7. The van der Waals surface area contributed by atoms with Crippen LogP contribution in [0.1, 0.15) is 33.6 Å². The van der Waals surface area contributed by atoms with Crippen LogP contribution < -0.4 is 14.8 Å². The van der Waals surface area contributed by atoms with E-state index in [0.717, 1.165) is 0 Å². The van der Waals surface area contributed by atoms with Crippen molar-refractivity contribution in [2.45, 2.75) is 39.7 Å². The van der Waals surface area contributed by atoms with Gasteiger partial charge in [-0.25, -0.2) is 4.79 Å². The van der Waals surface area contributed by atoms with Crippen LogP contribution in [0.15, 0.2) is 24.3 Å². The van der Waals surface area contributed by atoms with Gasteiger partial charge in [-0.2, -0.15) is 0 Å². The number of benzene rings is 1. The Kier molecular flexibility index (Phi) is 8.23. The molecule has 27 heavy (non-hydrogen) atoms. The van der Waals surface area contributed by atoms with Crippen molar-refractivity contribution in [3.05, 3.63) is 24.3 Å². The van der Waals surface area contributed by atoms with Crippen LogP contribution in [-0.2, 0) is 9.53 Å². The molecule has 1 aliphatic heterocycles. The van der Waals surface area contributed by atoms with Crippen molar-refractivity contribution in [1.29, 1.82) is 0 Å². The van der Waals surface area contributed by atoms with Gasteiger partial charge in [-0.15, -0.1) is 0 Å². The van der Waals surface area contributed by atoms with Crippen LogP contribution in [0.2, 0.25) is 0 Å². The van der Waals surface area contributed by atoms with Crippen LogP contribution in [0.3, 0.4) is 0 Å². The molecule has 1 saturated heterocycles. The Labute approximate surface area is 161 Å². The lowest BCUT2D eigenvalue weighted by molar-refractivity contribution is -0.124. The molecular weight excluding hydrogens is 348 g/mol. The molecule has 2 amide bonds. The molecule has 1 aromatic rings. The molecule has 0 spiro atoms. The van der Waals surface area contributed by atoms with Gasteiger partial charge in [0.25, 0.3) is 5.91 Å². The predicted octanol–water partition coefficient (Wildman–Crippen LogP) is 2.84. The minimum Gasteiger partial charge on any atom is -0.490 e. The Balaban J connectivity index is 1.71. The summed E-state index contributed by atoms with van der Waals surface area (Å²) < 4.78 is 16.3. The van der Waals surface area contributed by atoms with Crippen LogP contribution >= 0.6 is 0 Å². The van der Waals surface area contributed by atoms with Gasteiger partial charge < -0.3 is 24.4 Å². The molecule has 1 fully saturated rings. The minimum absolute atomic E-state index is 0.0392. The number of hydrogen-bond acceptors (Lipinski definition) is 5. The Morgan fingerprint density at radius 1 is 1.15 bits per heavy atom. The highest BCUT2D eigenvalue weighted by atomic mass is 16.6. The molecular formula is C20H30N2O5. The maximum atomic E-state index is 12.2. The third kappa shape index (κ3) is 7.00. The second-order valence-electron chi connectivity index (χ2n) is 6.97. The molecule has 1 aromatic carbocycles. The molecule has 7 nitrogen and oxygen atoms in total. The number of para-hydroxylation sites is 2. The number of piperidine rings is 1. The monoisotopic (exact) mass is 378 g/mol. The molecule has 1 N–H and O–H groups in total. The van der Waals surface area contributed by atoms with E-state index in [1.807, 2.05) is 39.0 Å². The van der Waals surface area contributed by atoms with Gasteiger partial charge in [-0.1, -0.05) is 26.0 Å². The highest BCUT2D eigenvalue weighted by molar-refractivity contribution is 5.78. The van der Waals surface area contributed by atoms with Crippen molar-refractivity contribution < 1.29 is 23.8 Å². The zero-order valence-electron chi connectivity index (χ0n) is 16.4. The zero-order chi connectivity index (χ0) is 19.6. The average molecular weight is 378 g/mol. The number of amides is 2. The molecule has 1 heterocycles. The number of carbonyl (C=O) groups is 2. The molecule has 0 saturated carbocycles. The summed E-state index contributed by atoms with van der Waals surface area (Å²) >= 11 is 0. The molecule has 2 rings (SSSR count). The van der Waals surface area contributed by atoms with Crippen molar-refractivity contribution in [3.8, 4) is 11.5 Å². The van der Waals surface area contributed by atoms with Crippen LogP contribution in [-0.4, -0.2) is 55.9 Å². The number of carbonyl (C=O) groups excluding carboxylic acids is 2. The Morgan fingerprint density at radius 3 is 2.37 bits per heavy atom. The van der Waals surface area contributed by atoms with E-state index in [4.69, 9.17) is 14.2 Å². The van der Waals surface area contributed by atoms with E-state index >= 15 is 0 Å². The number of likely N-dealkylation sites (tertiary alicyclic amines) is 1. The third-order valence-electron chi connectivity index (χ3n) is 4.17. The van der Waals surface area contributed by atoms with E-state index in [1.165, 1.54) is 0 Å². The first-order valence-electron chi connectivity index (χ1n) is 9.55. The quantitative estimate of drug-likeness (QED) is 0.753. The smallest absolute Gasteiger partial charge is 0.409 e. The molecule has 1 aliphatic rings. The fourth-order valence-corrected chi connectivity index (χ4v) is 2.79. The van der Waals surface area contributed by atoms with Gasteiger partial charge in [-0.3, -0.25) is 4.79 Å². The summed E-state index contributed by atoms with van der Waals surface area (Å²) in [6, 6.07) is 7.32. The van der Waals surface area contributed by atoms with Crippen LogP contribution in [0.25, 0.3) is 0 Å². The number of hydrogen-bond donors (Lipinski definition) is 1. The van der Waals surface area contributed by atoms with Crippen molar-refractivity contribution in [1.82, 2.24) is 10.2 Å². The second kappa shape index (κ2) is 10.6. The average Bonchev–Trinajstić information content (AvgIpc) is 2.66. The lowest BCUT2D eigenvalue weighted by Gasteiger charge is -2.31. The van der Waals surface area contributed by atoms with E-state index < -0.39 is 0 Å². The van der Waals surface area contributed by atoms with Crippen LogP contribution in [0.5, 0.6) is 11.5 Å². The van der Waals surface area contributed by atoms with Gasteiger partial charge in [0.15, 0.2) is 18.1 Å². The summed E-state index contributed by atoms with van der Waals surface area (Å²) in [7, 11) is 0. The molecule has 0 aliphatic carbocycles. The van der Waals surface area contributed by atoms with Gasteiger partial charge in [0.05, 0.1) is 13.2 Å². The minimum atomic E-state index is -0.274. The molecule has 0 aromatic heterocycles. The van der Waals surface area contributed by atoms with Gasteiger partial charge in [0.1, 0.15) is 0 Å². The van der Waals surface area contributed by atoms with Gasteiger partial charge in [0, 0.05) is 19.1 Å². The Hall–Kier alpha value is -2.44. The Morgan fingerprint density at radius 2 is 1.78 bits per heavy atom. The predicted molar refractivity (Wildman–Crippen MR) is 102 cm³/mol. The van der Waals surface area contributed by atoms with E-state index in [2.05, 4.69) is 5.32 Å². The van der Waals surface area contributed by atoms with Gasteiger partial charge in [0.2, 0.25) is 0 Å². The Bertz CT molecular complexity index is 612. The summed E-state index contributed by atoms with van der Waals surface area (Å²) in [6.45, 7) is 7.95. The van der Waals surface area contributed by atoms with E-state index in [9.17, 15) is 9.59 Å². The number of ether oxygens (including phenoxy) is 3. The first kappa shape index (κ1) is 20.9. The largest absolute Gasteiger partial charge is 0.490 e. The topological polar surface area (TPSA) is 77.1 Å². The van der Waals surface area contributed by atoms with Crippen LogP contribution in [0, 0.1) is 5.92 Å². The van der Waals surface area contributed by atoms with Crippen LogP contribution in [0.4, 0.5) is 4.79 Å². The molecule has 0 bridgehead atoms. The highest BCUT2D eigenvalue weighted by Crippen LogP contribution is 2.26. The maximum absolute atomic E-state index is 12.2. The SMILES string of the molecule is CCOc1ccccc1OCC(=O)NC1CCN(C(=O)OCC(C)C)CC1. The number of nitrogens with zero attached hydrogens (tertiary/aromatic N) is 1. The van der Waals surface area contributed by atoms with E-state index in [0.29, 0.717) is 56.6 Å². The molecule has 7 heteroatoms. The number of nitrogens with one attached hydrogen (secondary N) is 1. The highest BCUT2D eigenvalue weighted by Gasteiger charge is 2.25. The lowest BCUT2D eigenvalue weighted by atomic mass is 10.1. The van der Waals surface area contributed by atoms with Gasteiger partial charge >= 0.3 is 6.09 Å². The fourth-order valence-electron chi connectivity index (χ4n) is 2.79.